The number of para-hydroxylation sites is 3. The maximum Gasteiger partial charge on any atom is 0.166 e. The Morgan fingerprint density at radius 3 is 2.49 bits per heavy atom. The number of ether oxygens (including phenoxy) is 2. The number of hydrogen-bond acceptors (Lipinski definition) is 5. The molecule has 0 spiro atoms. The number of methoxy groups -OCH3 is 1. The van der Waals surface area contributed by atoms with Crippen LogP contribution in [0.15, 0.2) is 78.0 Å². The van der Waals surface area contributed by atoms with Crippen molar-refractivity contribution in [2.75, 3.05) is 24.4 Å². The van der Waals surface area contributed by atoms with Gasteiger partial charge in [-0.05, 0) is 54.7 Å². The summed E-state index contributed by atoms with van der Waals surface area (Å²) in [5.74, 6) is 1.04. The van der Waals surface area contributed by atoms with Gasteiger partial charge in [-0.3, -0.25) is 4.79 Å². The number of nitrogens with one attached hydrogen (secondary N) is 2. The highest BCUT2D eigenvalue weighted by atomic mass is 19.1. The summed E-state index contributed by atoms with van der Waals surface area (Å²) < 4.78 is 25.3. The predicted molar refractivity (Wildman–Crippen MR) is 136 cm³/mol. The lowest BCUT2D eigenvalue weighted by Gasteiger charge is -2.30. The fourth-order valence-corrected chi connectivity index (χ4v) is 4.98. The molecule has 1 aliphatic carbocycles. The third-order valence-electron chi connectivity index (χ3n) is 6.64. The van der Waals surface area contributed by atoms with E-state index in [9.17, 15) is 9.18 Å². The van der Waals surface area contributed by atoms with E-state index in [-0.39, 0.29) is 17.5 Å². The zero-order valence-corrected chi connectivity index (χ0v) is 19.9. The highest BCUT2D eigenvalue weighted by Gasteiger charge is 2.37. The normalized spacial score (nSPS) is 19.1. The second kappa shape index (κ2) is 9.82. The molecule has 3 aromatic carbocycles. The molecular formula is C29H29FN2O3. The molecule has 0 radical (unpaired) electrons. The second-order valence-electron chi connectivity index (χ2n) is 8.95. The summed E-state index contributed by atoms with van der Waals surface area (Å²) in [6, 6.07) is 19.8. The van der Waals surface area contributed by atoms with Crippen molar-refractivity contribution in [3.63, 3.8) is 0 Å². The molecule has 3 aromatic rings. The minimum atomic E-state index is -0.412. The van der Waals surface area contributed by atoms with E-state index in [1.165, 1.54) is 12.1 Å². The second-order valence-corrected chi connectivity index (χ2v) is 8.95. The predicted octanol–water partition coefficient (Wildman–Crippen LogP) is 6.60. The van der Waals surface area contributed by atoms with Crippen LogP contribution in [-0.2, 0) is 4.79 Å². The largest absolute Gasteiger partial charge is 0.493 e. The smallest absolute Gasteiger partial charge is 0.166 e. The summed E-state index contributed by atoms with van der Waals surface area (Å²) >= 11 is 0. The molecule has 0 fully saturated rings. The van der Waals surface area contributed by atoms with Crippen LogP contribution in [0.5, 0.6) is 11.5 Å². The van der Waals surface area contributed by atoms with Crippen molar-refractivity contribution in [1.29, 1.82) is 0 Å². The van der Waals surface area contributed by atoms with E-state index in [0.29, 0.717) is 36.5 Å². The summed E-state index contributed by atoms with van der Waals surface area (Å²) in [6.45, 7) is 2.60. The van der Waals surface area contributed by atoms with Crippen LogP contribution in [0.3, 0.4) is 0 Å². The van der Waals surface area contributed by atoms with Crippen LogP contribution in [0.25, 0.3) is 0 Å². The van der Waals surface area contributed by atoms with Crippen molar-refractivity contribution < 1.29 is 18.7 Å². The summed E-state index contributed by atoms with van der Waals surface area (Å²) in [4.78, 5) is 13.8. The zero-order chi connectivity index (χ0) is 24.4. The molecule has 5 nitrogen and oxygen atoms in total. The maximum absolute atomic E-state index is 13.8. The van der Waals surface area contributed by atoms with E-state index in [4.69, 9.17) is 9.47 Å². The van der Waals surface area contributed by atoms with Gasteiger partial charge >= 0.3 is 0 Å². The fourth-order valence-electron chi connectivity index (χ4n) is 4.98. The average Bonchev–Trinajstić information content (AvgIpc) is 3.04. The molecule has 0 saturated carbocycles. The van der Waals surface area contributed by atoms with Crippen molar-refractivity contribution >= 4 is 17.2 Å². The zero-order valence-electron chi connectivity index (χ0n) is 19.9. The van der Waals surface area contributed by atoms with E-state index >= 15 is 0 Å². The lowest BCUT2D eigenvalue weighted by molar-refractivity contribution is -0.116. The van der Waals surface area contributed by atoms with Gasteiger partial charge in [0.2, 0.25) is 0 Å². The molecular weight excluding hydrogens is 443 g/mol. The van der Waals surface area contributed by atoms with Crippen LogP contribution < -0.4 is 20.1 Å². The van der Waals surface area contributed by atoms with E-state index in [0.717, 1.165) is 34.6 Å². The molecule has 180 valence electrons. The van der Waals surface area contributed by atoms with Crippen LogP contribution in [0.2, 0.25) is 0 Å². The number of carbonyl (C=O) groups is 1. The summed E-state index contributed by atoms with van der Waals surface area (Å²) in [5.41, 5.74) is 5.22. The van der Waals surface area contributed by atoms with Gasteiger partial charge in [0, 0.05) is 23.3 Å². The first kappa shape index (κ1) is 23.0. The molecule has 2 unspecified atom stereocenters. The Labute approximate surface area is 205 Å². The number of benzene rings is 3. The van der Waals surface area contributed by atoms with Gasteiger partial charge in [0.1, 0.15) is 5.82 Å². The van der Waals surface area contributed by atoms with Crippen molar-refractivity contribution in [1.82, 2.24) is 0 Å². The molecule has 2 aliphatic rings. The number of fused-ring (bicyclic) bond motifs is 1. The van der Waals surface area contributed by atoms with Gasteiger partial charge in [-0.2, -0.15) is 0 Å². The van der Waals surface area contributed by atoms with Crippen LogP contribution in [0.1, 0.15) is 49.3 Å². The van der Waals surface area contributed by atoms with Crippen molar-refractivity contribution in [2.45, 2.75) is 38.1 Å². The van der Waals surface area contributed by atoms with Crippen LogP contribution in [0.4, 0.5) is 15.8 Å². The molecule has 0 saturated heterocycles. The summed E-state index contributed by atoms with van der Waals surface area (Å²) in [6.07, 6.45) is 1.86. The molecule has 2 N–H and O–H groups in total. The Hall–Kier alpha value is -3.80. The molecule has 6 heteroatoms. The van der Waals surface area contributed by atoms with Crippen molar-refractivity contribution in [3.8, 4) is 11.5 Å². The van der Waals surface area contributed by atoms with Gasteiger partial charge in [0.25, 0.3) is 0 Å². The molecule has 2 atom stereocenters. The van der Waals surface area contributed by atoms with Crippen LogP contribution in [-0.4, -0.2) is 19.5 Å². The van der Waals surface area contributed by atoms with Gasteiger partial charge < -0.3 is 20.1 Å². The number of Topliss-reactive ketones (excluding diaryl/α,β-unsaturated/α-hetero) is 1. The Balaban J connectivity index is 1.63. The number of anilines is 2. The van der Waals surface area contributed by atoms with E-state index in [1.54, 1.807) is 19.2 Å². The van der Waals surface area contributed by atoms with Crippen molar-refractivity contribution in [2.24, 2.45) is 0 Å². The molecule has 0 aromatic heterocycles. The first-order chi connectivity index (χ1) is 17.1. The maximum atomic E-state index is 13.8. The topological polar surface area (TPSA) is 59.6 Å². The molecule has 35 heavy (non-hydrogen) atoms. The van der Waals surface area contributed by atoms with E-state index < -0.39 is 6.04 Å². The van der Waals surface area contributed by atoms with E-state index in [1.807, 2.05) is 42.5 Å². The Bertz CT molecular complexity index is 1270. The number of allylic oxidation sites excluding steroid dienone is 1. The lowest BCUT2D eigenvalue weighted by Crippen LogP contribution is -2.27. The number of carbonyl (C=O) groups excluding carboxylic acids is 1. The molecule has 1 aliphatic heterocycles. The Kier molecular flexibility index (Phi) is 6.45. The molecule has 1 heterocycles. The van der Waals surface area contributed by atoms with Crippen LogP contribution in [0, 0.1) is 5.82 Å². The molecule has 5 rings (SSSR count). The lowest BCUT2D eigenvalue weighted by atomic mass is 9.78. The van der Waals surface area contributed by atoms with Gasteiger partial charge in [0.15, 0.2) is 17.3 Å². The fraction of sp³-hybridized carbons (Fsp3) is 0.276. The Morgan fingerprint density at radius 2 is 1.74 bits per heavy atom. The third-order valence-corrected chi connectivity index (χ3v) is 6.64. The SMILES string of the molecule is CCCOc1c(OC)cccc1C1Nc2ccccc2NC2=C1C(=O)CC(c1ccc(F)cc1)C2. The number of hydrogen-bond donors (Lipinski definition) is 2. The van der Waals surface area contributed by atoms with Gasteiger partial charge in [-0.25, -0.2) is 4.39 Å². The minimum absolute atomic E-state index is 0.0265. The monoisotopic (exact) mass is 472 g/mol. The van der Waals surface area contributed by atoms with E-state index in [2.05, 4.69) is 17.6 Å². The van der Waals surface area contributed by atoms with Crippen LogP contribution >= 0.6 is 0 Å². The minimum Gasteiger partial charge on any atom is -0.493 e. The first-order valence-electron chi connectivity index (χ1n) is 12.0. The summed E-state index contributed by atoms with van der Waals surface area (Å²) in [7, 11) is 1.62. The van der Waals surface area contributed by atoms with Gasteiger partial charge in [-0.15, -0.1) is 0 Å². The van der Waals surface area contributed by atoms with Crippen molar-refractivity contribution in [3.05, 3.63) is 94.9 Å². The first-order valence-corrected chi connectivity index (χ1v) is 12.0. The Morgan fingerprint density at radius 1 is 0.971 bits per heavy atom. The van der Waals surface area contributed by atoms with Gasteiger partial charge in [-0.1, -0.05) is 43.3 Å². The third kappa shape index (κ3) is 4.48. The number of halogens is 1. The quantitative estimate of drug-likeness (QED) is 0.423. The average molecular weight is 473 g/mol. The molecule has 0 bridgehead atoms. The summed E-state index contributed by atoms with van der Waals surface area (Å²) in [5, 5.41) is 7.15. The standard InChI is InChI=1S/C29H29FN2O3/c1-3-15-35-29-21(7-6-10-26(29)34-2)28-27-24(31-22-8-4-5-9-23(22)32-28)16-19(17-25(27)33)18-11-13-20(30)14-12-18/h4-14,19,28,31-32H,3,15-17H2,1-2H3. The molecule has 0 amide bonds. The number of rotatable bonds is 6. The number of ketones is 1. The van der Waals surface area contributed by atoms with Gasteiger partial charge in [0.05, 0.1) is 31.1 Å². The highest BCUT2D eigenvalue weighted by molar-refractivity contribution is 6.01. The highest BCUT2D eigenvalue weighted by Crippen LogP contribution is 2.47.